The molecule has 1 fully saturated rings. The molecule has 4 aromatic rings. The highest BCUT2D eigenvalue weighted by atomic mass is 35.5. The lowest BCUT2D eigenvalue weighted by Crippen LogP contribution is -2.41. The largest absolute Gasteiger partial charge is 0.282 e. The van der Waals surface area contributed by atoms with Crippen LogP contribution in [-0.4, -0.2) is 52.5 Å². The normalized spacial score (nSPS) is 16.9. The van der Waals surface area contributed by atoms with Gasteiger partial charge in [0.15, 0.2) is 5.13 Å². The second-order valence-corrected chi connectivity index (χ2v) is 12.1. The number of aromatic nitrogens is 3. The number of amides is 1. The average Bonchev–Trinajstić information content (AvgIpc) is 3.55. The summed E-state index contributed by atoms with van der Waals surface area (Å²) in [6.07, 6.45) is 6.27. The van der Waals surface area contributed by atoms with E-state index in [0.717, 1.165) is 24.0 Å². The number of carbonyl (C=O) groups is 1. The van der Waals surface area contributed by atoms with E-state index >= 15 is 0 Å². The number of carbonyl (C=O) groups excluding carboxylic acids is 1. The molecule has 0 radical (unpaired) electrons. The molecule has 188 valence electrons. The van der Waals surface area contributed by atoms with Gasteiger partial charge in [-0.25, -0.2) is 13.4 Å². The SMILES string of the molecule is CC1CCCCN1S(=O)(=O)c1ccc(C(=O)N(CCn2cccn2)c2nc3c(Cl)cccc3s2)cc1. The van der Waals surface area contributed by atoms with Gasteiger partial charge in [-0.05, 0) is 62.2 Å². The van der Waals surface area contributed by atoms with Crippen LogP contribution in [0.1, 0.15) is 36.5 Å². The first kappa shape index (κ1) is 24.9. The lowest BCUT2D eigenvalue weighted by atomic mass is 10.1. The molecule has 0 spiro atoms. The van der Waals surface area contributed by atoms with Gasteiger partial charge in [0.05, 0.1) is 21.2 Å². The molecular weight excluding hydrogens is 518 g/mol. The second-order valence-electron chi connectivity index (χ2n) is 8.79. The number of benzene rings is 2. The van der Waals surface area contributed by atoms with Crippen molar-refractivity contribution in [2.75, 3.05) is 18.0 Å². The van der Waals surface area contributed by atoms with Crippen LogP contribution in [0.15, 0.2) is 65.8 Å². The lowest BCUT2D eigenvalue weighted by Gasteiger charge is -2.32. The first-order valence-electron chi connectivity index (χ1n) is 11.8. The summed E-state index contributed by atoms with van der Waals surface area (Å²) in [5.74, 6) is -0.271. The van der Waals surface area contributed by atoms with Crippen molar-refractivity contribution in [1.29, 1.82) is 0 Å². The molecular formula is C25H26ClN5O3S2. The van der Waals surface area contributed by atoms with E-state index in [1.165, 1.54) is 23.5 Å². The van der Waals surface area contributed by atoms with Crippen LogP contribution in [0, 0.1) is 0 Å². The number of halogens is 1. The highest BCUT2D eigenvalue weighted by Crippen LogP contribution is 2.33. The molecule has 2 aromatic carbocycles. The van der Waals surface area contributed by atoms with Crippen LogP contribution in [0.5, 0.6) is 0 Å². The molecule has 1 amide bonds. The van der Waals surface area contributed by atoms with Gasteiger partial charge in [0, 0.05) is 37.1 Å². The molecule has 36 heavy (non-hydrogen) atoms. The van der Waals surface area contributed by atoms with Gasteiger partial charge in [-0.2, -0.15) is 9.40 Å². The van der Waals surface area contributed by atoms with Crippen molar-refractivity contribution >= 4 is 54.2 Å². The van der Waals surface area contributed by atoms with Crippen molar-refractivity contribution in [2.24, 2.45) is 0 Å². The average molecular weight is 544 g/mol. The van der Waals surface area contributed by atoms with Gasteiger partial charge in [-0.1, -0.05) is 35.4 Å². The quantitative estimate of drug-likeness (QED) is 0.325. The molecule has 8 nitrogen and oxygen atoms in total. The second kappa shape index (κ2) is 10.3. The number of rotatable bonds is 7. The fourth-order valence-electron chi connectivity index (χ4n) is 4.43. The van der Waals surface area contributed by atoms with Crippen molar-refractivity contribution in [2.45, 2.75) is 43.7 Å². The van der Waals surface area contributed by atoms with Crippen LogP contribution < -0.4 is 4.90 Å². The molecule has 0 saturated carbocycles. The number of sulfonamides is 1. The highest BCUT2D eigenvalue weighted by molar-refractivity contribution is 7.89. The van der Waals surface area contributed by atoms with E-state index in [0.29, 0.717) is 40.9 Å². The van der Waals surface area contributed by atoms with E-state index in [-0.39, 0.29) is 16.8 Å². The Morgan fingerprint density at radius 2 is 1.97 bits per heavy atom. The molecule has 0 aliphatic carbocycles. The maximum Gasteiger partial charge on any atom is 0.260 e. The minimum atomic E-state index is -3.62. The summed E-state index contributed by atoms with van der Waals surface area (Å²) in [5.41, 5.74) is 1.03. The Morgan fingerprint density at radius 3 is 2.67 bits per heavy atom. The smallest absolute Gasteiger partial charge is 0.260 e. The van der Waals surface area contributed by atoms with E-state index in [2.05, 4.69) is 10.1 Å². The Kier molecular flexibility index (Phi) is 7.11. The first-order chi connectivity index (χ1) is 17.3. The van der Waals surface area contributed by atoms with Crippen LogP contribution in [0.25, 0.3) is 10.2 Å². The lowest BCUT2D eigenvalue weighted by molar-refractivity contribution is 0.0985. The maximum atomic E-state index is 13.7. The zero-order chi connectivity index (χ0) is 25.3. The van der Waals surface area contributed by atoms with Gasteiger partial charge in [0.25, 0.3) is 5.91 Å². The zero-order valence-corrected chi connectivity index (χ0v) is 22.1. The van der Waals surface area contributed by atoms with Crippen molar-refractivity contribution in [3.8, 4) is 0 Å². The standard InChI is InChI=1S/C25H26ClN5O3S2/c1-18-6-2-3-15-31(18)36(33,34)20-11-9-19(10-12-20)24(32)30(17-16-29-14-5-13-27-29)25-28-23-21(26)7-4-8-22(23)35-25/h4-5,7-14,18H,2-3,6,15-17H2,1H3. The Hall–Kier alpha value is -2.79. The Bertz CT molecular complexity index is 1470. The zero-order valence-electron chi connectivity index (χ0n) is 19.7. The van der Waals surface area contributed by atoms with E-state index in [1.54, 1.807) is 38.3 Å². The Labute approximate surface area is 219 Å². The summed E-state index contributed by atoms with van der Waals surface area (Å²) in [4.78, 5) is 20.1. The van der Waals surface area contributed by atoms with Gasteiger partial charge in [0.2, 0.25) is 10.0 Å². The fraction of sp³-hybridized carbons (Fsp3) is 0.320. The van der Waals surface area contributed by atoms with Gasteiger partial charge in [-0.3, -0.25) is 14.4 Å². The summed E-state index contributed by atoms with van der Waals surface area (Å²) in [6, 6.07) is 13.5. The summed E-state index contributed by atoms with van der Waals surface area (Å²) in [5, 5.41) is 5.28. The molecule has 0 N–H and O–H groups in total. The van der Waals surface area contributed by atoms with Gasteiger partial charge in [-0.15, -0.1) is 0 Å². The predicted octanol–water partition coefficient (Wildman–Crippen LogP) is 5.06. The number of hydrogen-bond donors (Lipinski definition) is 0. The van der Waals surface area contributed by atoms with Gasteiger partial charge < -0.3 is 0 Å². The van der Waals surface area contributed by atoms with E-state index < -0.39 is 10.0 Å². The number of nitrogens with zero attached hydrogens (tertiary/aromatic N) is 5. The minimum absolute atomic E-state index is 0.0336. The van der Waals surface area contributed by atoms with Gasteiger partial charge >= 0.3 is 0 Å². The Balaban J connectivity index is 1.44. The molecule has 1 unspecified atom stereocenters. The van der Waals surface area contributed by atoms with E-state index in [4.69, 9.17) is 11.6 Å². The summed E-state index contributed by atoms with van der Waals surface area (Å²) in [7, 11) is -3.62. The molecule has 11 heteroatoms. The summed E-state index contributed by atoms with van der Waals surface area (Å²) in [6.45, 7) is 3.27. The van der Waals surface area contributed by atoms with Crippen molar-refractivity contribution in [1.82, 2.24) is 19.1 Å². The van der Waals surface area contributed by atoms with Crippen LogP contribution in [0.3, 0.4) is 0 Å². The van der Waals surface area contributed by atoms with Gasteiger partial charge in [0.1, 0.15) is 5.52 Å². The van der Waals surface area contributed by atoms with E-state index in [9.17, 15) is 13.2 Å². The third kappa shape index (κ3) is 4.90. The molecule has 1 saturated heterocycles. The van der Waals surface area contributed by atoms with Crippen LogP contribution in [0.4, 0.5) is 5.13 Å². The van der Waals surface area contributed by atoms with Crippen molar-refractivity contribution in [3.63, 3.8) is 0 Å². The van der Waals surface area contributed by atoms with Crippen LogP contribution in [0.2, 0.25) is 5.02 Å². The topological polar surface area (TPSA) is 88.4 Å². The minimum Gasteiger partial charge on any atom is -0.282 e. The molecule has 2 aromatic heterocycles. The Morgan fingerprint density at radius 1 is 1.17 bits per heavy atom. The number of thiazole rings is 1. The summed E-state index contributed by atoms with van der Waals surface area (Å²) < 4.78 is 30.6. The number of fused-ring (bicyclic) bond motifs is 1. The van der Waals surface area contributed by atoms with Crippen LogP contribution in [-0.2, 0) is 16.6 Å². The number of anilines is 1. The number of hydrogen-bond acceptors (Lipinski definition) is 6. The monoisotopic (exact) mass is 543 g/mol. The number of para-hydroxylation sites is 1. The third-order valence-electron chi connectivity index (χ3n) is 6.40. The molecule has 1 aliphatic rings. The van der Waals surface area contributed by atoms with E-state index in [1.807, 2.05) is 31.3 Å². The first-order valence-corrected chi connectivity index (χ1v) is 14.4. The predicted molar refractivity (Wildman–Crippen MR) is 142 cm³/mol. The fourth-order valence-corrected chi connectivity index (χ4v) is 7.42. The summed E-state index contributed by atoms with van der Waals surface area (Å²) >= 11 is 7.71. The molecule has 0 bridgehead atoms. The van der Waals surface area contributed by atoms with Crippen molar-refractivity contribution in [3.05, 3.63) is 71.5 Å². The molecule has 5 rings (SSSR count). The highest BCUT2D eigenvalue weighted by Gasteiger charge is 2.31. The van der Waals surface area contributed by atoms with Crippen LogP contribution >= 0.6 is 22.9 Å². The molecule has 1 aliphatic heterocycles. The van der Waals surface area contributed by atoms with Crippen molar-refractivity contribution < 1.29 is 13.2 Å². The number of piperidine rings is 1. The molecule has 3 heterocycles. The third-order valence-corrected chi connectivity index (χ3v) is 9.77. The maximum absolute atomic E-state index is 13.7. The molecule has 1 atom stereocenters.